The predicted molar refractivity (Wildman–Crippen MR) is 147 cm³/mol. The topological polar surface area (TPSA) is 76.5 Å². The van der Waals surface area contributed by atoms with Gasteiger partial charge in [0.25, 0.3) is 0 Å². The Labute approximate surface area is 227 Å². The molecular weight excluding hydrogens is 495 g/mol. The smallest absolute Gasteiger partial charge is 0.413 e. The van der Waals surface area contributed by atoms with Gasteiger partial charge in [-0.3, -0.25) is 14.8 Å². The summed E-state index contributed by atoms with van der Waals surface area (Å²) in [6, 6.07) is 27.5. The van der Waals surface area contributed by atoms with Crippen LogP contribution in [0.5, 0.6) is 0 Å². The second-order valence-corrected chi connectivity index (χ2v) is 9.79. The first-order valence-corrected chi connectivity index (χ1v) is 13.1. The number of amides is 2. The summed E-state index contributed by atoms with van der Waals surface area (Å²) in [5.41, 5.74) is 2.66. The third-order valence-corrected chi connectivity index (χ3v) is 7.23. The average Bonchev–Trinajstić information content (AvgIpc) is 3.33. The number of piperidine rings is 1. The highest BCUT2D eigenvalue weighted by molar-refractivity contribution is 5.85. The zero-order chi connectivity index (χ0) is 27.2. The second kappa shape index (κ2) is 11.5. The number of nitrogens with zero attached hydrogens (tertiary/aromatic N) is 3. The molecule has 8 heteroatoms. The van der Waals surface area contributed by atoms with Gasteiger partial charge in [-0.1, -0.05) is 72.8 Å². The number of benzene rings is 3. The minimum Gasteiger partial charge on any atom is -0.438 e. The third-order valence-electron chi connectivity index (χ3n) is 7.23. The summed E-state index contributed by atoms with van der Waals surface area (Å²) in [5, 5.41) is 7.36. The van der Waals surface area contributed by atoms with Crippen molar-refractivity contribution in [2.24, 2.45) is 7.05 Å². The first kappa shape index (κ1) is 26.2. The number of carbonyl (C=O) groups excluding carboxylic acids is 2. The van der Waals surface area contributed by atoms with Gasteiger partial charge in [-0.15, -0.1) is 0 Å². The molecule has 0 unspecified atom stereocenters. The third kappa shape index (κ3) is 6.17. The summed E-state index contributed by atoms with van der Waals surface area (Å²) in [6.07, 6.45) is 1.28. The van der Waals surface area contributed by atoms with Crippen LogP contribution in [0.2, 0.25) is 0 Å². The molecule has 4 aromatic rings. The second-order valence-electron chi connectivity index (χ2n) is 9.79. The average molecular weight is 527 g/mol. The van der Waals surface area contributed by atoms with Gasteiger partial charge in [0.2, 0.25) is 5.91 Å². The van der Waals surface area contributed by atoms with E-state index in [4.69, 9.17) is 4.74 Å². The number of hydrogen-bond acceptors (Lipinski definition) is 4. The molecule has 3 aromatic carbocycles. The van der Waals surface area contributed by atoms with Crippen molar-refractivity contribution in [3.8, 4) is 11.3 Å². The van der Waals surface area contributed by atoms with Crippen molar-refractivity contribution in [1.29, 1.82) is 0 Å². The van der Waals surface area contributed by atoms with Crippen molar-refractivity contribution in [3.63, 3.8) is 0 Å². The summed E-state index contributed by atoms with van der Waals surface area (Å²) in [6.45, 7) is 0.933. The van der Waals surface area contributed by atoms with Gasteiger partial charge in [0.15, 0.2) is 0 Å². The van der Waals surface area contributed by atoms with Crippen LogP contribution in [0, 0.1) is 5.82 Å². The Morgan fingerprint density at radius 3 is 2.26 bits per heavy atom. The molecule has 5 rings (SSSR count). The Hall–Kier alpha value is -4.46. The lowest BCUT2D eigenvalue weighted by atomic mass is 9.84. The van der Waals surface area contributed by atoms with E-state index in [0.29, 0.717) is 44.6 Å². The van der Waals surface area contributed by atoms with Crippen LogP contribution in [0.1, 0.15) is 30.4 Å². The van der Waals surface area contributed by atoms with Crippen LogP contribution in [-0.4, -0.2) is 39.8 Å². The number of anilines is 1. The molecular formula is C31H31FN4O3. The van der Waals surface area contributed by atoms with Crippen LogP contribution in [0.3, 0.4) is 0 Å². The van der Waals surface area contributed by atoms with Gasteiger partial charge in [0, 0.05) is 51.0 Å². The Morgan fingerprint density at radius 2 is 1.59 bits per heavy atom. The number of aryl methyl sites for hydroxylation is 2. The summed E-state index contributed by atoms with van der Waals surface area (Å²) in [7, 11) is 1.77. The Bertz CT molecular complexity index is 1410. The number of aromatic nitrogens is 2. The van der Waals surface area contributed by atoms with E-state index in [-0.39, 0.29) is 11.7 Å². The maximum absolute atomic E-state index is 13.2. The van der Waals surface area contributed by atoms with Gasteiger partial charge in [-0.25, -0.2) is 9.18 Å². The SMILES string of the molecule is Cn1nc(-c2ccccc2)cc1NC(=O)OC1(c2ccccc2)CCN(C(=O)CCc2ccc(F)cc2)CC1. The van der Waals surface area contributed by atoms with E-state index in [1.807, 2.05) is 71.6 Å². The van der Waals surface area contributed by atoms with Crippen molar-refractivity contribution in [3.05, 3.63) is 108 Å². The van der Waals surface area contributed by atoms with E-state index in [0.717, 1.165) is 22.4 Å². The lowest BCUT2D eigenvalue weighted by Crippen LogP contribution is -2.47. The number of nitrogens with one attached hydrogen (secondary N) is 1. The molecule has 39 heavy (non-hydrogen) atoms. The lowest BCUT2D eigenvalue weighted by molar-refractivity contribution is -0.135. The van der Waals surface area contributed by atoms with Crippen molar-refractivity contribution in [2.75, 3.05) is 18.4 Å². The van der Waals surface area contributed by atoms with Crippen LogP contribution < -0.4 is 5.32 Å². The molecule has 0 aliphatic carbocycles. The fourth-order valence-corrected chi connectivity index (χ4v) is 5.01. The number of rotatable bonds is 7. The highest BCUT2D eigenvalue weighted by atomic mass is 19.1. The highest BCUT2D eigenvalue weighted by Crippen LogP contribution is 2.37. The fourth-order valence-electron chi connectivity index (χ4n) is 5.01. The number of ether oxygens (including phenoxy) is 1. The highest BCUT2D eigenvalue weighted by Gasteiger charge is 2.41. The molecule has 0 atom stereocenters. The zero-order valence-corrected chi connectivity index (χ0v) is 21.8. The normalized spacial score (nSPS) is 14.6. The molecule has 0 saturated carbocycles. The van der Waals surface area contributed by atoms with Gasteiger partial charge in [0.05, 0.1) is 5.69 Å². The fraction of sp³-hybridized carbons (Fsp3) is 0.258. The Balaban J connectivity index is 1.25. The van der Waals surface area contributed by atoms with Crippen LogP contribution in [-0.2, 0) is 28.6 Å². The number of halogens is 1. The first-order chi connectivity index (χ1) is 18.9. The molecule has 0 radical (unpaired) electrons. The molecule has 1 N–H and O–H groups in total. The summed E-state index contributed by atoms with van der Waals surface area (Å²) in [5.74, 6) is 0.270. The van der Waals surface area contributed by atoms with E-state index in [1.165, 1.54) is 12.1 Å². The van der Waals surface area contributed by atoms with Gasteiger partial charge < -0.3 is 9.64 Å². The van der Waals surface area contributed by atoms with Crippen molar-refractivity contribution in [1.82, 2.24) is 14.7 Å². The minimum atomic E-state index is -0.861. The summed E-state index contributed by atoms with van der Waals surface area (Å²) < 4.78 is 20.9. The van der Waals surface area contributed by atoms with Gasteiger partial charge in [-0.2, -0.15) is 5.10 Å². The molecule has 0 spiro atoms. The van der Waals surface area contributed by atoms with E-state index in [1.54, 1.807) is 23.9 Å². The number of likely N-dealkylation sites (tertiary alicyclic amines) is 1. The summed E-state index contributed by atoms with van der Waals surface area (Å²) >= 11 is 0. The zero-order valence-electron chi connectivity index (χ0n) is 21.8. The van der Waals surface area contributed by atoms with Gasteiger partial charge >= 0.3 is 6.09 Å². The Kier molecular flexibility index (Phi) is 7.72. The maximum Gasteiger partial charge on any atom is 0.413 e. The molecule has 200 valence electrons. The number of hydrogen-bond donors (Lipinski definition) is 1. The predicted octanol–water partition coefficient (Wildman–Crippen LogP) is 5.93. The van der Waals surface area contributed by atoms with Crippen molar-refractivity contribution in [2.45, 2.75) is 31.3 Å². The van der Waals surface area contributed by atoms with Crippen LogP contribution >= 0.6 is 0 Å². The largest absolute Gasteiger partial charge is 0.438 e. The monoisotopic (exact) mass is 526 g/mol. The lowest BCUT2D eigenvalue weighted by Gasteiger charge is -2.41. The van der Waals surface area contributed by atoms with E-state index >= 15 is 0 Å². The van der Waals surface area contributed by atoms with E-state index in [2.05, 4.69) is 10.4 Å². The first-order valence-electron chi connectivity index (χ1n) is 13.1. The molecule has 1 saturated heterocycles. The number of carbonyl (C=O) groups is 2. The molecule has 2 heterocycles. The quantitative estimate of drug-likeness (QED) is 0.324. The van der Waals surface area contributed by atoms with Gasteiger partial charge in [0.1, 0.15) is 17.2 Å². The molecule has 0 bridgehead atoms. The standard InChI is InChI=1S/C31H31FN4O3/c1-35-28(22-27(34-35)24-8-4-2-5-9-24)33-30(38)39-31(25-10-6-3-7-11-25)18-20-36(21-19-31)29(37)17-14-23-12-15-26(32)16-13-23/h2-13,15-16,22H,14,17-21H2,1H3,(H,33,38). The molecule has 2 amide bonds. The Morgan fingerprint density at radius 1 is 0.949 bits per heavy atom. The van der Waals surface area contributed by atoms with E-state index < -0.39 is 11.7 Å². The molecule has 1 fully saturated rings. The van der Waals surface area contributed by atoms with Gasteiger partial charge in [-0.05, 0) is 29.7 Å². The minimum absolute atomic E-state index is 0.0359. The van der Waals surface area contributed by atoms with Crippen molar-refractivity contribution < 1.29 is 18.7 Å². The van der Waals surface area contributed by atoms with E-state index in [9.17, 15) is 14.0 Å². The van der Waals surface area contributed by atoms with Crippen LogP contribution in [0.4, 0.5) is 15.0 Å². The molecule has 1 aliphatic rings. The molecule has 1 aliphatic heterocycles. The molecule has 1 aromatic heterocycles. The maximum atomic E-state index is 13.2. The summed E-state index contributed by atoms with van der Waals surface area (Å²) in [4.78, 5) is 27.9. The van der Waals surface area contributed by atoms with Crippen LogP contribution in [0.25, 0.3) is 11.3 Å². The van der Waals surface area contributed by atoms with Crippen LogP contribution in [0.15, 0.2) is 91.0 Å². The molecule has 7 nitrogen and oxygen atoms in total. The van der Waals surface area contributed by atoms with Crippen molar-refractivity contribution >= 4 is 17.8 Å².